The average molecular weight is 683 g/mol. The van der Waals surface area contributed by atoms with Gasteiger partial charge in [-0.2, -0.15) is 0 Å². The lowest BCUT2D eigenvalue weighted by Crippen LogP contribution is -2.69. The number of aliphatic hydroxyl groups is 8. The van der Waals surface area contributed by atoms with Gasteiger partial charge in [-0.15, -0.1) is 0 Å². The molecule has 4 rings (SSSR count). The third kappa shape index (κ3) is 8.29. The average Bonchev–Trinajstić information content (AvgIpc) is 3.68. The molecule has 2 heterocycles. The lowest BCUT2D eigenvalue weighted by molar-refractivity contribution is -0.333. The van der Waals surface area contributed by atoms with E-state index < -0.39 is 116 Å². The number of rotatable bonds is 13. The van der Waals surface area contributed by atoms with Gasteiger partial charge in [-0.1, -0.05) is 0 Å². The zero-order valence-corrected chi connectivity index (χ0v) is 25.6. The Morgan fingerprint density at radius 3 is 2.17 bits per heavy atom. The van der Waals surface area contributed by atoms with Gasteiger partial charge < -0.3 is 99.1 Å². The van der Waals surface area contributed by atoms with Crippen LogP contribution in [0.1, 0.15) is 19.3 Å². The lowest BCUT2D eigenvalue weighted by Gasteiger charge is -2.49. The summed E-state index contributed by atoms with van der Waals surface area (Å²) in [5.74, 6) is -1.25. The Labute approximate surface area is 270 Å². The van der Waals surface area contributed by atoms with Crippen LogP contribution in [0.25, 0.3) is 0 Å². The second-order valence-electron chi connectivity index (χ2n) is 12.5. The molecule has 2 aliphatic carbocycles. The number of nitrogens with two attached hydrogens (primary N) is 5. The predicted octanol–water partition coefficient (Wildman–Crippen LogP) is -9.38. The van der Waals surface area contributed by atoms with Gasteiger partial charge in [0.2, 0.25) is 0 Å². The Balaban J connectivity index is 1.54. The largest absolute Gasteiger partial charge is 0.394 e. The third-order valence-electron chi connectivity index (χ3n) is 9.02. The van der Waals surface area contributed by atoms with Crippen LogP contribution in [0.2, 0.25) is 0 Å². The number of nitrogens with zero attached hydrogens (tertiary/aromatic N) is 1. The zero-order chi connectivity index (χ0) is 34.8. The topological polar surface area (TPSA) is 382 Å². The van der Waals surface area contributed by atoms with Crippen molar-refractivity contribution in [1.82, 2.24) is 10.6 Å². The van der Waals surface area contributed by atoms with E-state index in [1.54, 1.807) is 0 Å². The fourth-order valence-electron chi connectivity index (χ4n) is 6.05. The lowest BCUT2D eigenvalue weighted by atomic mass is 9.83. The summed E-state index contributed by atoms with van der Waals surface area (Å²) in [4.78, 5) is 17.0. The highest BCUT2D eigenvalue weighted by Gasteiger charge is 2.61. The van der Waals surface area contributed by atoms with Crippen LogP contribution < -0.4 is 39.3 Å². The van der Waals surface area contributed by atoms with Crippen LogP contribution in [0.3, 0.4) is 0 Å². The minimum absolute atomic E-state index is 0.0582. The Morgan fingerprint density at radius 1 is 0.894 bits per heavy atom. The highest BCUT2D eigenvalue weighted by atomic mass is 16.7. The fraction of sp³-hybridized carbons (Fsp3) is 0.923. The van der Waals surface area contributed by atoms with Crippen LogP contribution in [0, 0.1) is 0 Å². The van der Waals surface area contributed by atoms with E-state index in [1.807, 2.05) is 0 Å². The standard InChI is InChI=1S/C26H50N8O13/c27-2-1-3-32-6-10-15(37)17(39)18(40)23(44-10)46-20-8(28)4-9(33-24(42)26(43)5-12(26)34-25(30)31)21(19(20)41)47-22-16(38)13(29)14(36)11(7-35)45-22/h8-23,32,35-41,43H,1-7,27-29H2,(H,33,42)(H4,30,31,34)/t8-,9+,10+,11+,12?,13-,14+,15+,16+,17-,18+,19-,20+,21-,22+,23+,26?/m0/s1. The van der Waals surface area contributed by atoms with Crippen molar-refractivity contribution in [3.8, 4) is 0 Å². The summed E-state index contributed by atoms with van der Waals surface area (Å²) < 4.78 is 23.1. The number of hydrogen-bond acceptors (Lipinski definition) is 18. The van der Waals surface area contributed by atoms with E-state index in [0.717, 1.165) is 0 Å². The second-order valence-corrected chi connectivity index (χ2v) is 12.5. The fourth-order valence-corrected chi connectivity index (χ4v) is 6.05. The van der Waals surface area contributed by atoms with E-state index in [-0.39, 0.29) is 25.3 Å². The number of aliphatic imine (C=N–C) groups is 1. The van der Waals surface area contributed by atoms with Gasteiger partial charge in [0.25, 0.3) is 5.91 Å². The van der Waals surface area contributed by atoms with Crippen LogP contribution in [-0.4, -0.2) is 182 Å². The quantitative estimate of drug-likeness (QED) is 0.0487. The molecule has 17 atom stereocenters. The van der Waals surface area contributed by atoms with Gasteiger partial charge in [0.05, 0.1) is 24.7 Å². The summed E-state index contributed by atoms with van der Waals surface area (Å²) in [6.45, 7) is 0.267. The number of carbonyl (C=O) groups is 1. The van der Waals surface area contributed by atoms with E-state index in [4.69, 9.17) is 47.6 Å². The van der Waals surface area contributed by atoms with E-state index in [2.05, 4.69) is 15.6 Å². The van der Waals surface area contributed by atoms with Crippen LogP contribution in [0.5, 0.6) is 0 Å². The van der Waals surface area contributed by atoms with E-state index in [1.165, 1.54) is 0 Å². The molecule has 2 saturated heterocycles. The summed E-state index contributed by atoms with van der Waals surface area (Å²) >= 11 is 0. The van der Waals surface area contributed by atoms with Gasteiger partial charge in [0, 0.05) is 19.0 Å². The first-order valence-corrected chi connectivity index (χ1v) is 15.5. The molecule has 272 valence electrons. The molecule has 0 aromatic carbocycles. The molecule has 20 N–H and O–H groups in total. The van der Waals surface area contributed by atoms with Crippen LogP contribution in [-0.2, 0) is 23.7 Å². The van der Waals surface area contributed by atoms with Gasteiger partial charge in [0.15, 0.2) is 24.1 Å². The maximum Gasteiger partial charge on any atom is 0.254 e. The molecule has 0 spiro atoms. The first-order valence-electron chi connectivity index (χ1n) is 15.5. The maximum atomic E-state index is 13.2. The van der Waals surface area contributed by atoms with Gasteiger partial charge in [0.1, 0.15) is 61.0 Å². The second kappa shape index (κ2) is 15.8. The van der Waals surface area contributed by atoms with Crippen molar-refractivity contribution < 1.29 is 64.6 Å². The minimum atomic E-state index is -1.98. The Bertz CT molecular complexity index is 1080. The summed E-state index contributed by atoms with van der Waals surface area (Å²) in [5, 5.41) is 90.3. The summed E-state index contributed by atoms with van der Waals surface area (Å²) in [6.07, 6.45) is -18.0. The van der Waals surface area contributed by atoms with E-state index in [9.17, 15) is 45.6 Å². The smallest absolute Gasteiger partial charge is 0.254 e. The van der Waals surface area contributed by atoms with Gasteiger partial charge in [-0.05, 0) is 25.9 Å². The molecule has 2 unspecified atom stereocenters. The third-order valence-corrected chi connectivity index (χ3v) is 9.02. The number of ether oxygens (including phenoxy) is 4. The van der Waals surface area contributed by atoms with Crippen LogP contribution in [0.4, 0.5) is 0 Å². The van der Waals surface area contributed by atoms with Gasteiger partial charge >= 0.3 is 0 Å². The molecule has 0 radical (unpaired) electrons. The summed E-state index contributed by atoms with van der Waals surface area (Å²) in [5.41, 5.74) is 26.6. The monoisotopic (exact) mass is 682 g/mol. The molecule has 4 aliphatic rings. The van der Waals surface area contributed by atoms with Crippen molar-refractivity contribution in [3.63, 3.8) is 0 Å². The normalized spacial score (nSPS) is 46.9. The molecule has 0 aromatic rings. The van der Waals surface area contributed by atoms with E-state index >= 15 is 0 Å². The Kier molecular flexibility index (Phi) is 12.7. The molecule has 0 aromatic heterocycles. The predicted molar refractivity (Wildman–Crippen MR) is 158 cm³/mol. The highest BCUT2D eigenvalue weighted by Crippen LogP contribution is 2.40. The van der Waals surface area contributed by atoms with Crippen molar-refractivity contribution in [3.05, 3.63) is 0 Å². The zero-order valence-electron chi connectivity index (χ0n) is 25.6. The molecule has 1 amide bonds. The SMILES string of the molecule is NCCCNC[C@H]1O[C@H](O[C@H]2[C@H](O)[C@@H](O[C@H]3O[C@H](CO)[C@@H](O)[C@H](N)[C@H]3O)[C@H](NC(=O)C3(O)CC3N=C(N)N)C[C@@H]2N)[C@H](O)[C@@H](O)[C@@H]1O. The van der Waals surface area contributed by atoms with Crippen molar-refractivity contribution in [1.29, 1.82) is 0 Å². The Hall–Kier alpha value is -1.90. The van der Waals surface area contributed by atoms with Crippen LogP contribution >= 0.6 is 0 Å². The van der Waals surface area contributed by atoms with Crippen molar-refractivity contribution in [2.24, 2.45) is 33.7 Å². The van der Waals surface area contributed by atoms with Gasteiger partial charge in [-0.3, -0.25) is 4.79 Å². The van der Waals surface area contributed by atoms with Gasteiger partial charge in [-0.25, -0.2) is 4.99 Å². The molecule has 4 fully saturated rings. The molecule has 21 nitrogen and oxygen atoms in total. The van der Waals surface area contributed by atoms with Crippen molar-refractivity contribution >= 4 is 11.9 Å². The molecule has 0 bridgehead atoms. The number of carbonyl (C=O) groups excluding carboxylic acids is 1. The summed E-state index contributed by atoms with van der Waals surface area (Å²) in [6, 6.07) is -4.53. The van der Waals surface area contributed by atoms with E-state index in [0.29, 0.717) is 19.5 Å². The number of amides is 1. The first kappa shape index (κ1) is 37.9. The minimum Gasteiger partial charge on any atom is -0.394 e. The first-order chi connectivity index (χ1) is 22.1. The highest BCUT2D eigenvalue weighted by molar-refractivity contribution is 5.90. The number of guanidine groups is 1. The molecule has 2 aliphatic heterocycles. The Morgan fingerprint density at radius 2 is 1.53 bits per heavy atom. The molecule has 2 saturated carbocycles. The molecular weight excluding hydrogens is 632 g/mol. The van der Waals surface area contributed by atoms with Crippen LogP contribution in [0.15, 0.2) is 4.99 Å². The van der Waals surface area contributed by atoms with Crippen molar-refractivity contribution in [2.45, 2.75) is 123 Å². The molecule has 47 heavy (non-hydrogen) atoms. The molecule has 21 heteroatoms. The number of aliphatic hydroxyl groups excluding tert-OH is 7. The number of hydrogen-bond donors (Lipinski definition) is 15. The number of nitrogens with one attached hydrogen (secondary N) is 2. The molecular formula is C26H50N8O13. The maximum absolute atomic E-state index is 13.2. The summed E-state index contributed by atoms with van der Waals surface area (Å²) in [7, 11) is 0. The van der Waals surface area contributed by atoms with Crippen molar-refractivity contribution in [2.75, 3.05) is 26.2 Å².